The van der Waals surface area contributed by atoms with Gasteiger partial charge in [0.25, 0.3) is 0 Å². The van der Waals surface area contributed by atoms with Gasteiger partial charge >= 0.3 is 0 Å². The highest BCUT2D eigenvalue weighted by atomic mass is 14.7. The van der Waals surface area contributed by atoms with Crippen molar-refractivity contribution in [3.8, 4) is 11.3 Å². The summed E-state index contributed by atoms with van der Waals surface area (Å²) in [5.74, 6) is 0. The first-order valence-electron chi connectivity index (χ1n) is 7.22. The number of rotatable bonds is 4. The van der Waals surface area contributed by atoms with Crippen molar-refractivity contribution >= 4 is 10.9 Å². The molecule has 102 valence electrons. The molecule has 3 N–H and O–H groups in total. The third-order valence-electron chi connectivity index (χ3n) is 3.86. The molecule has 0 saturated heterocycles. The largest absolute Gasteiger partial charge is 0.354 e. The fraction of sp³-hybridized carbons (Fsp3) is 0.222. The summed E-state index contributed by atoms with van der Waals surface area (Å²) in [6.45, 7) is 2.85. The number of aromatic amines is 1. The molecule has 1 heterocycles. The van der Waals surface area contributed by atoms with Gasteiger partial charge in [0.2, 0.25) is 0 Å². The summed E-state index contributed by atoms with van der Waals surface area (Å²) >= 11 is 0. The van der Waals surface area contributed by atoms with Crippen LogP contribution in [0.1, 0.15) is 18.1 Å². The molecule has 0 bridgehead atoms. The predicted octanol–water partition coefficient (Wildman–Crippen LogP) is 3.90. The van der Waals surface area contributed by atoms with E-state index in [4.69, 9.17) is 5.73 Å². The Kier molecular flexibility index (Phi) is 3.57. The van der Waals surface area contributed by atoms with Crippen LogP contribution >= 0.6 is 0 Å². The molecule has 1 aromatic heterocycles. The number of aromatic nitrogens is 1. The Morgan fingerprint density at radius 2 is 1.75 bits per heavy atom. The van der Waals surface area contributed by atoms with Crippen molar-refractivity contribution < 1.29 is 0 Å². The highest BCUT2D eigenvalue weighted by Gasteiger charge is 2.11. The molecule has 3 aromatic rings. The van der Waals surface area contributed by atoms with E-state index in [1.54, 1.807) is 0 Å². The molecule has 2 aromatic carbocycles. The third-order valence-corrected chi connectivity index (χ3v) is 3.86. The van der Waals surface area contributed by atoms with Gasteiger partial charge in [0.15, 0.2) is 0 Å². The molecule has 20 heavy (non-hydrogen) atoms. The number of benzene rings is 2. The fourth-order valence-corrected chi connectivity index (χ4v) is 2.76. The van der Waals surface area contributed by atoms with E-state index >= 15 is 0 Å². The van der Waals surface area contributed by atoms with E-state index in [1.807, 2.05) is 0 Å². The van der Waals surface area contributed by atoms with Crippen LogP contribution in [0.4, 0.5) is 0 Å². The van der Waals surface area contributed by atoms with Crippen molar-refractivity contribution in [2.24, 2.45) is 5.73 Å². The standard InChI is InChI=1S/C18H20N2/c1-2-13-7-9-14(10-8-13)18-16(11-12-19)15-5-3-4-6-17(15)20-18/h3-10,20H,2,11-12,19H2,1H3. The minimum atomic E-state index is 0.669. The quantitative estimate of drug-likeness (QED) is 0.737. The lowest BCUT2D eigenvalue weighted by Gasteiger charge is -2.05. The molecule has 0 aliphatic carbocycles. The maximum Gasteiger partial charge on any atom is 0.0497 e. The average molecular weight is 264 g/mol. The van der Waals surface area contributed by atoms with E-state index in [9.17, 15) is 0 Å². The van der Waals surface area contributed by atoms with E-state index in [1.165, 1.54) is 33.3 Å². The van der Waals surface area contributed by atoms with Gasteiger partial charge in [-0.15, -0.1) is 0 Å². The zero-order valence-electron chi connectivity index (χ0n) is 11.8. The molecule has 3 rings (SSSR count). The highest BCUT2D eigenvalue weighted by molar-refractivity contribution is 5.90. The first-order chi connectivity index (χ1) is 9.83. The summed E-state index contributed by atoms with van der Waals surface area (Å²) in [4.78, 5) is 3.55. The van der Waals surface area contributed by atoms with E-state index < -0.39 is 0 Å². The Morgan fingerprint density at radius 1 is 1.00 bits per heavy atom. The van der Waals surface area contributed by atoms with Crippen LogP contribution in [0.25, 0.3) is 22.2 Å². The Morgan fingerprint density at radius 3 is 2.45 bits per heavy atom. The van der Waals surface area contributed by atoms with Crippen molar-refractivity contribution in [1.82, 2.24) is 4.98 Å². The summed E-state index contributed by atoms with van der Waals surface area (Å²) in [7, 11) is 0. The lowest BCUT2D eigenvalue weighted by molar-refractivity contribution is 0.978. The molecule has 0 spiro atoms. The number of para-hydroxylation sites is 1. The lowest BCUT2D eigenvalue weighted by Crippen LogP contribution is -2.03. The molecular formula is C18H20N2. The van der Waals surface area contributed by atoms with Crippen LogP contribution in [0.2, 0.25) is 0 Å². The first kappa shape index (κ1) is 12.9. The van der Waals surface area contributed by atoms with Gasteiger partial charge in [-0.3, -0.25) is 0 Å². The number of nitrogens with two attached hydrogens (primary N) is 1. The minimum Gasteiger partial charge on any atom is -0.354 e. The summed E-state index contributed by atoms with van der Waals surface area (Å²) < 4.78 is 0. The van der Waals surface area contributed by atoms with E-state index in [0.29, 0.717) is 6.54 Å². The molecule has 0 radical (unpaired) electrons. The van der Waals surface area contributed by atoms with Gasteiger partial charge in [-0.05, 0) is 42.1 Å². The van der Waals surface area contributed by atoms with Gasteiger partial charge < -0.3 is 10.7 Å². The van der Waals surface area contributed by atoms with Crippen LogP contribution in [-0.4, -0.2) is 11.5 Å². The molecule has 2 heteroatoms. The second kappa shape index (κ2) is 5.51. The number of fused-ring (bicyclic) bond motifs is 1. The highest BCUT2D eigenvalue weighted by Crippen LogP contribution is 2.30. The molecule has 0 fully saturated rings. The Balaban J connectivity index is 2.15. The first-order valence-corrected chi connectivity index (χ1v) is 7.22. The summed E-state index contributed by atoms with van der Waals surface area (Å²) in [6, 6.07) is 17.2. The Bertz CT molecular complexity index is 708. The zero-order valence-corrected chi connectivity index (χ0v) is 11.8. The van der Waals surface area contributed by atoms with Crippen LogP contribution in [0, 0.1) is 0 Å². The van der Waals surface area contributed by atoms with E-state index in [2.05, 4.69) is 60.4 Å². The summed E-state index contributed by atoms with van der Waals surface area (Å²) in [5.41, 5.74) is 12.1. The van der Waals surface area contributed by atoms with Gasteiger partial charge in [0.05, 0.1) is 0 Å². The maximum atomic E-state index is 5.79. The lowest BCUT2D eigenvalue weighted by atomic mass is 10.0. The predicted molar refractivity (Wildman–Crippen MR) is 85.9 cm³/mol. The van der Waals surface area contributed by atoms with Crippen molar-refractivity contribution in [2.75, 3.05) is 6.54 Å². The number of hydrogen-bond acceptors (Lipinski definition) is 1. The average Bonchev–Trinajstić information content (AvgIpc) is 2.87. The molecular weight excluding hydrogens is 244 g/mol. The molecule has 0 aliphatic heterocycles. The normalized spacial score (nSPS) is 11.1. The molecule has 0 saturated carbocycles. The van der Waals surface area contributed by atoms with Gasteiger partial charge in [-0.25, -0.2) is 0 Å². The van der Waals surface area contributed by atoms with Crippen LogP contribution < -0.4 is 5.73 Å². The fourth-order valence-electron chi connectivity index (χ4n) is 2.76. The molecule has 2 nitrogen and oxygen atoms in total. The van der Waals surface area contributed by atoms with Crippen LogP contribution in [0.3, 0.4) is 0 Å². The Labute approximate surface area is 119 Å². The summed E-state index contributed by atoms with van der Waals surface area (Å²) in [5, 5.41) is 1.28. The molecule has 0 unspecified atom stereocenters. The second-order valence-electron chi connectivity index (χ2n) is 5.11. The number of hydrogen-bond donors (Lipinski definition) is 2. The van der Waals surface area contributed by atoms with E-state index in [-0.39, 0.29) is 0 Å². The van der Waals surface area contributed by atoms with Crippen LogP contribution in [-0.2, 0) is 12.8 Å². The summed E-state index contributed by atoms with van der Waals surface area (Å²) in [6.07, 6.45) is 1.97. The zero-order chi connectivity index (χ0) is 13.9. The van der Waals surface area contributed by atoms with Crippen molar-refractivity contribution in [2.45, 2.75) is 19.8 Å². The van der Waals surface area contributed by atoms with E-state index in [0.717, 1.165) is 12.8 Å². The number of aryl methyl sites for hydroxylation is 1. The second-order valence-corrected chi connectivity index (χ2v) is 5.11. The number of nitrogens with one attached hydrogen (secondary N) is 1. The van der Waals surface area contributed by atoms with Gasteiger partial charge in [0.1, 0.15) is 0 Å². The maximum absolute atomic E-state index is 5.79. The monoisotopic (exact) mass is 264 g/mol. The van der Waals surface area contributed by atoms with Gasteiger partial charge in [0, 0.05) is 16.6 Å². The topological polar surface area (TPSA) is 41.8 Å². The van der Waals surface area contributed by atoms with Gasteiger partial charge in [-0.2, -0.15) is 0 Å². The molecule has 0 aliphatic rings. The minimum absolute atomic E-state index is 0.669. The van der Waals surface area contributed by atoms with Crippen molar-refractivity contribution in [1.29, 1.82) is 0 Å². The number of H-pyrrole nitrogens is 1. The molecule has 0 atom stereocenters. The SMILES string of the molecule is CCc1ccc(-c2[nH]c3ccccc3c2CCN)cc1. The third kappa shape index (κ3) is 2.23. The smallest absolute Gasteiger partial charge is 0.0497 e. The van der Waals surface area contributed by atoms with Crippen molar-refractivity contribution in [3.05, 3.63) is 59.7 Å². The van der Waals surface area contributed by atoms with Crippen molar-refractivity contribution in [3.63, 3.8) is 0 Å². The van der Waals surface area contributed by atoms with Gasteiger partial charge in [-0.1, -0.05) is 49.4 Å². The molecule has 0 amide bonds. The van der Waals surface area contributed by atoms with Crippen LogP contribution in [0.15, 0.2) is 48.5 Å². The Hall–Kier alpha value is -2.06. The van der Waals surface area contributed by atoms with Crippen LogP contribution in [0.5, 0.6) is 0 Å².